The van der Waals surface area contributed by atoms with Gasteiger partial charge in [0.05, 0.1) is 17.2 Å². The highest BCUT2D eigenvalue weighted by Crippen LogP contribution is 2.17. The molecule has 0 fully saturated rings. The van der Waals surface area contributed by atoms with Gasteiger partial charge in [-0.3, -0.25) is 4.55 Å². The molecule has 7 nitrogen and oxygen atoms in total. The van der Waals surface area contributed by atoms with Gasteiger partial charge in [0, 0.05) is 0 Å². The number of benzene rings is 2. The normalized spacial score (nSPS) is 10.3. The lowest BCUT2D eigenvalue weighted by Gasteiger charge is -2.01. The molecular weight excluding hydrogens is 330 g/mol. The molecule has 0 unspecified atom stereocenters. The highest BCUT2D eigenvalue weighted by atomic mass is 32.2. The van der Waals surface area contributed by atoms with E-state index in [1.54, 1.807) is 24.3 Å². The maximum atomic E-state index is 10.5. The first-order chi connectivity index (χ1) is 11.2. The molecule has 130 valence electrons. The Morgan fingerprint density at radius 3 is 2.04 bits per heavy atom. The second-order valence-corrected chi connectivity index (χ2v) is 6.17. The third kappa shape index (κ3) is 7.12. The maximum absolute atomic E-state index is 10.5. The van der Waals surface area contributed by atoms with Crippen LogP contribution in [-0.4, -0.2) is 25.5 Å². The van der Waals surface area contributed by atoms with Crippen LogP contribution in [0.2, 0.25) is 0 Å². The predicted molar refractivity (Wildman–Crippen MR) is 94.1 cm³/mol. The molecule has 2 aromatic carbocycles. The summed E-state index contributed by atoms with van der Waals surface area (Å²) in [5, 5.41) is 0. The molecule has 2 rings (SSSR count). The summed E-state index contributed by atoms with van der Waals surface area (Å²) in [5.74, 6) is 0.876. The van der Waals surface area contributed by atoms with Crippen molar-refractivity contribution in [3.63, 3.8) is 0 Å². The lowest BCUT2D eigenvalue weighted by atomic mass is 10.2. The number of aliphatic imine (C=N–C) groups is 1. The van der Waals surface area contributed by atoms with Gasteiger partial charge < -0.3 is 16.2 Å². The largest absolute Gasteiger partial charge is 0.494 e. The fourth-order valence-electron chi connectivity index (χ4n) is 1.64. The molecule has 0 spiro atoms. The Balaban J connectivity index is 0.000000243. The number of nitrogens with two attached hydrogens (primary N) is 2. The van der Waals surface area contributed by atoms with E-state index in [9.17, 15) is 8.42 Å². The van der Waals surface area contributed by atoms with Crippen molar-refractivity contribution in [3.8, 4) is 5.75 Å². The first kappa shape index (κ1) is 19.5. The number of nitrogens with zero attached hydrogens (tertiary/aromatic N) is 1. The lowest BCUT2D eigenvalue weighted by molar-refractivity contribution is 0.340. The predicted octanol–water partition coefficient (Wildman–Crippen LogP) is 2.23. The Bertz CT molecular complexity index is 766. The number of ether oxygens (including phenoxy) is 1. The second-order valence-electron chi connectivity index (χ2n) is 4.75. The van der Waals surface area contributed by atoms with Crippen LogP contribution in [0.25, 0.3) is 0 Å². The van der Waals surface area contributed by atoms with E-state index in [0.717, 1.165) is 17.0 Å². The fourth-order valence-corrected chi connectivity index (χ4v) is 2.12. The maximum Gasteiger partial charge on any atom is 0.294 e. The van der Waals surface area contributed by atoms with Crippen LogP contribution in [0.3, 0.4) is 0 Å². The van der Waals surface area contributed by atoms with Crippen LogP contribution in [-0.2, 0) is 10.1 Å². The quantitative estimate of drug-likeness (QED) is 0.440. The van der Waals surface area contributed by atoms with Crippen molar-refractivity contribution in [2.75, 3.05) is 6.61 Å². The van der Waals surface area contributed by atoms with E-state index in [4.69, 9.17) is 20.8 Å². The summed E-state index contributed by atoms with van der Waals surface area (Å²) in [6, 6.07) is 13.2. The highest BCUT2D eigenvalue weighted by Gasteiger charge is 2.06. The lowest BCUT2D eigenvalue weighted by Crippen LogP contribution is -2.21. The number of guanidine groups is 1. The minimum absolute atomic E-state index is 0.0594. The molecule has 24 heavy (non-hydrogen) atoms. The van der Waals surface area contributed by atoms with Gasteiger partial charge in [-0.2, -0.15) is 8.42 Å². The Kier molecular flexibility index (Phi) is 7.22. The van der Waals surface area contributed by atoms with E-state index in [1.807, 2.05) is 26.0 Å². The monoisotopic (exact) mass is 351 g/mol. The number of hydrogen-bond donors (Lipinski definition) is 3. The molecule has 0 aliphatic heterocycles. The van der Waals surface area contributed by atoms with Gasteiger partial charge in [0.1, 0.15) is 5.75 Å². The van der Waals surface area contributed by atoms with E-state index in [-0.39, 0.29) is 10.9 Å². The zero-order valence-electron chi connectivity index (χ0n) is 13.5. The zero-order chi connectivity index (χ0) is 18.2. The van der Waals surface area contributed by atoms with Gasteiger partial charge in [-0.25, -0.2) is 4.99 Å². The van der Waals surface area contributed by atoms with E-state index >= 15 is 0 Å². The first-order valence-electron chi connectivity index (χ1n) is 7.09. The van der Waals surface area contributed by atoms with Crippen LogP contribution in [0.15, 0.2) is 58.4 Å². The SMILES string of the molecule is CCOc1ccc(N=C(N)N)cc1.Cc1ccc(S(=O)(=O)O)cc1. The molecule has 0 radical (unpaired) electrons. The number of rotatable bonds is 4. The van der Waals surface area contributed by atoms with Crippen LogP contribution in [0.5, 0.6) is 5.75 Å². The number of aryl methyl sites for hydroxylation is 1. The molecule has 0 saturated carbocycles. The van der Waals surface area contributed by atoms with Crippen LogP contribution in [0.4, 0.5) is 5.69 Å². The van der Waals surface area contributed by atoms with E-state index in [2.05, 4.69) is 4.99 Å². The molecule has 0 aliphatic carbocycles. The standard InChI is InChI=1S/C9H13N3O.C7H8O3S/c1-2-13-8-5-3-7(4-6-8)12-9(10)11;1-6-2-4-7(5-3-6)11(8,9)10/h3-6H,2H2,1H3,(H4,10,11,12);2-5H,1H3,(H,8,9,10). The topological polar surface area (TPSA) is 128 Å². The van der Waals surface area contributed by atoms with Gasteiger partial charge in [-0.1, -0.05) is 17.7 Å². The zero-order valence-corrected chi connectivity index (χ0v) is 14.3. The minimum Gasteiger partial charge on any atom is -0.494 e. The molecule has 0 saturated heterocycles. The average Bonchev–Trinajstić information content (AvgIpc) is 2.49. The molecule has 0 aromatic heterocycles. The van der Waals surface area contributed by atoms with Gasteiger partial charge in [0.15, 0.2) is 5.96 Å². The van der Waals surface area contributed by atoms with E-state index in [1.165, 1.54) is 12.1 Å². The third-order valence-corrected chi connectivity index (χ3v) is 3.59. The van der Waals surface area contributed by atoms with Gasteiger partial charge in [0.2, 0.25) is 0 Å². The molecule has 0 aliphatic rings. The van der Waals surface area contributed by atoms with Crippen molar-refractivity contribution in [2.24, 2.45) is 16.5 Å². The summed E-state index contributed by atoms with van der Waals surface area (Å²) in [4.78, 5) is 3.81. The van der Waals surface area contributed by atoms with Crippen molar-refractivity contribution >= 4 is 21.8 Å². The second kappa shape index (κ2) is 8.90. The summed E-state index contributed by atoms with van der Waals surface area (Å²) in [6.07, 6.45) is 0. The van der Waals surface area contributed by atoms with Crippen molar-refractivity contribution < 1.29 is 17.7 Å². The Labute approximate surface area is 141 Å². The minimum atomic E-state index is -4.02. The van der Waals surface area contributed by atoms with Crippen molar-refractivity contribution in [1.82, 2.24) is 0 Å². The number of hydrogen-bond acceptors (Lipinski definition) is 4. The summed E-state index contributed by atoms with van der Waals surface area (Å²) in [7, 11) is -4.02. The van der Waals surface area contributed by atoms with Crippen LogP contribution >= 0.6 is 0 Å². The Morgan fingerprint density at radius 1 is 1.08 bits per heavy atom. The van der Waals surface area contributed by atoms with E-state index in [0.29, 0.717) is 6.61 Å². The van der Waals surface area contributed by atoms with Crippen LogP contribution in [0, 0.1) is 6.92 Å². The molecule has 8 heteroatoms. The molecular formula is C16H21N3O4S. The third-order valence-electron chi connectivity index (χ3n) is 2.72. The van der Waals surface area contributed by atoms with Gasteiger partial charge >= 0.3 is 0 Å². The molecule has 0 atom stereocenters. The van der Waals surface area contributed by atoms with Crippen LogP contribution < -0.4 is 16.2 Å². The first-order valence-corrected chi connectivity index (χ1v) is 8.53. The Morgan fingerprint density at radius 2 is 1.62 bits per heavy atom. The summed E-state index contributed by atoms with van der Waals surface area (Å²) >= 11 is 0. The molecule has 0 amide bonds. The van der Waals surface area contributed by atoms with E-state index < -0.39 is 10.1 Å². The van der Waals surface area contributed by atoms with Crippen molar-refractivity contribution in [2.45, 2.75) is 18.7 Å². The summed E-state index contributed by atoms with van der Waals surface area (Å²) in [6.45, 7) is 4.43. The molecule has 2 aromatic rings. The average molecular weight is 351 g/mol. The van der Waals surface area contributed by atoms with Gasteiger partial charge in [-0.15, -0.1) is 0 Å². The van der Waals surface area contributed by atoms with Crippen molar-refractivity contribution in [3.05, 3.63) is 54.1 Å². The van der Waals surface area contributed by atoms with Crippen LogP contribution in [0.1, 0.15) is 12.5 Å². The van der Waals surface area contributed by atoms with Gasteiger partial charge in [0.25, 0.3) is 10.1 Å². The molecule has 0 bridgehead atoms. The summed E-state index contributed by atoms with van der Waals surface area (Å²) < 4.78 is 34.8. The highest BCUT2D eigenvalue weighted by molar-refractivity contribution is 7.85. The van der Waals surface area contributed by atoms with Crippen molar-refractivity contribution in [1.29, 1.82) is 0 Å². The fraction of sp³-hybridized carbons (Fsp3) is 0.188. The van der Waals surface area contributed by atoms with Gasteiger partial charge in [-0.05, 0) is 50.2 Å². The Hall–Kier alpha value is -2.58. The summed E-state index contributed by atoms with van der Waals surface area (Å²) in [5.41, 5.74) is 12.1. The molecule has 5 N–H and O–H groups in total. The molecule has 0 heterocycles. The smallest absolute Gasteiger partial charge is 0.294 e.